The van der Waals surface area contributed by atoms with Gasteiger partial charge in [-0.2, -0.15) is 0 Å². The van der Waals surface area contributed by atoms with E-state index < -0.39 is 0 Å². The Kier molecular flexibility index (Phi) is 4.31. The number of hydrogen-bond acceptors (Lipinski definition) is 3. The topological polar surface area (TPSA) is 29.0 Å². The van der Waals surface area contributed by atoms with Gasteiger partial charge in [-0.1, -0.05) is 22.9 Å². The minimum atomic E-state index is -0.247. The van der Waals surface area contributed by atoms with Gasteiger partial charge < -0.3 is 4.90 Å². The second kappa shape index (κ2) is 5.76. The lowest BCUT2D eigenvalue weighted by Gasteiger charge is -2.38. The molecule has 5 heteroatoms. The molecular formula is C12H17BrFN3. The minimum Gasteiger partial charge on any atom is -0.350 e. The molecule has 2 rings (SSSR count). The first-order valence-corrected chi connectivity index (χ1v) is 7.22. The molecule has 0 aromatic carbocycles. The first-order valence-electron chi connectivity index (χ1n) is 6.10. The van der Waals surface area contributed by atoms with Crippen molar-refractivity contribution in [2.24, 2.45) is 0 Å². The highest BCUT2D eigenvalue weighted by molar-refractivity contribution is 9.09. The molecule has 0 bridgehead atoms. The van der Waals surface area contributed by atoms with Crippen LogP contribution in [0.3, 0.4) is 0 Å². The van der Waals surface area contributed by atoms with Crippen molar-refractivity contribution >= 4 is 21.7 Å². The van der Waals surface area contributed by atoms with Crippen LogP contribution >= 0.6 is 15.9 Å². The lowest BCUT2D eigenvalue weighted by atomic mass is 9.91. The number of halogens is 2. The van der Waals surface area contributed by atoms with E-state index in [9.17, 15) is 4.39 Å². The Bertz CT molecular complexity index is 382. The van der Waals surface area contributed by atoms with Crippen LogP contribution in [-0.2, 0) is 6.42 Å². The predicted octanol–water partition coefficient (Wildman–Crippen LogP) is 2.93. The lowest BCUT2D eigenvalue weighted by molar-refractivity contribution is 0.384. The highest BCUT2D eigenvalue weighted by Crippen LogP contribution is 2.30. The van der Waals surface area contributed by atoms with Gasteiger partial charge >= 0.3 is 0 Å². The molecule has 1 heterocycles. The van der Waals surface area contributed by atoms with Crippen molar-refractivity contribution in [3.63, 3.8) is 0 Å². The molecular weight excluding hydrogens is 285 g/mol. The molecule has 0 amide bonds. The van der Waals surface area contributed by atoms with Crippen LogP contribution in [0.25, 0.3) is 0 Å². The summed E-state index contributed by atoms with van der Waals surface area (Å²) in [5.74, 6) is 0.226. The smallest absolute Gasteiger partial charge is 0.187 e. The number of nitrogens with zero attached hydrogens (tertiary/aromatic N) is 3. The van der Waals surface area contributed by atoms with E-state index in [1.807, 2.05) is 6.92 Å². The Labute approximate surface area is 110 Å². The molecule has 0 spiro atoms. The molecule has 0 unspecified atom stereocenters. The summed E-state index contributed by atoms with van der Waals surface area (Å²) >= 11 is 3.42. The molecule has 1 fully saturated rings. The second-order valence-corrected chi connectivity index (χ2v) is 5.07. The van der Waals surface area contributed by atoms with E-state index in [1.54, 1.807) is 0 Å². The average molecular weight is 302 g/mol. The van der Waals surface area contributed by atoms with Crippen LogP contribution in [0.15, 0.2) is 6.33 Å². The number of anilines is 1. The molecule has 0 atom stereocenters. The molecule has 94 valence electrons. The Morgan fingerprint density at radius 2 is 2.24 bits per heavy atom. The molecule has 1 aromatic heterocycles. The van der Waals surface area contributed by atoms with E-state index in [-0.39, 0.29) is 5.82 Å². The molecule has 1 aliphatic carbocycles. The van der Waals surface area contributed by atoms with Gasteiger partial charge in [0.25, 0.3) is 0 Å². The number of rotatable bonds is 5. The van der Waals surface area contributed by atoms with E-state index in [2.05, 4.69) is 30.8 Å². The molecule has 1 saturated carbocycles. The summed E-state index contributed by atoms with van der Waals surface area (Å²) in [4.78, 5) is 10.2. The van der Waals surface area contributed by atoms with E-state index in [4.69, 9.17) is 0 Å². The molecule has 17 heavy (non-hydrogen) atoms. The van der Waals surface area contributed by atoms with Crippen LogP contribution in [0.2, 0.25) is 0 Å². The Morgan fingerprint density at radius 3 is 2.76 bits per heavy atom. The monoisotopic (exact) mass is 301 g/mol. The van der Waals surface area contributed by atoms with E-state index in [0.29, 0.717) is 24.0 Å². The molecule has 0 saturated heterocycles. The summed E-state index contributed by atoms with van der Waals surface area (Å²) in [5, 5.41) is 0.828. The summed E-state index contributed by atoms with van der Waals surface area (Å²) < 4.78 is 14.2. The van der Waals surface area contributed by atoms with Crippen molar-refractivity contribution in [1.82, 2.24) is 9.97 Å². The average Bonchev–Trinajstić information content (AvgIpc) is 2.26. The highest BCUT2D eigenvalue weighted by atomic mass is 79.9. The molecule has 0 N–H and O–H groups in total. The van der Waals surface area contributed by atoms with E-state index in [1.165, 1.54) is 12.7 Å². The Hall–Kier alpha value is -0.710. The summed E-state index contributed by atoms with van der Waals surface area (Å²) in [6.07, 6.45) is 5.58. The van der Waals surface area contributed by atoms with Crippen molar-refractivity contribution in [3.8, 4) is 0 Å². The van der Waals surface area contributed by atoms with Crippen molar-refractivity contribution < 1.29 is 4.39 Å². The zero-order chi connectivity index (χ0) is 12.3. The van der Waals surface area contributed by atoms with E-state index >= 15 is 0 Å². The zero-order valence-electron chi connectivity index (χ0n) is 9.99. The first kappa shape index (κ1) is 12.7. The molecule has 0 aliphatic heterocycles. The van der Waals surface area contributed by atoms with Gasteiger partial charge in [0, 0.05) is 17.9 Å². The first-order chi connectivity index (χ1) is 8.27. The largest absolute Gasteiger partial charge is 0.350 e. The summed E-state index contributed by atoms with van der Waals surface area (Å²) in [7, 11) is 0. The summed E-state index contributed by atoms with van der Waals surface area (Å²) in [6.45, 7) is 2.70. The summed E-state index contributed by atoms with van der Waals surface area (Å²) in [6, 6.07) is 0.446. The van der Waals surface area contributed by atoms with Gasteiger partial charge in [0.05, 0.1) is 5.69 Å². The van der Waals surface area contributed by atoms with Gasteiger partial charge in [0.15, 0.2) is 11.6 Å². The third-order valence-corrected chi connectivity index (χ3v) is 3.65. The standard InChI is InChI=1S/C12H17BrFN3/c1-2-10-11(14)12(16-8-15-10)17(7-6-13)9-4-3-5-9/h8-9H,2-7H2,1H3. The van der Waals surface area contributed by atoms with Crippen LogP contribution in [0.1, 0.15) is 31.9 Å². The van der Waals surface area contributed by atoms with Crippen LogP contribution in [0.4, 0.5) is 10.2 Å². The third-order valence-electron chi connectivity index (χ3n) is 3.29. The lowest BCUT2D eigenvalue weighted by Crippen LogP contribution is -2.42. The maximum atomic E-state index is 14.2. The van der Waals surface area contributed by atoms with Crippen molar-refractivity contribution in [2.45, 2.75) is 38.6 Å². The second-order valence-electron chi connectivity index (χ2n) is 4.28. The van der Waals surface area contributed by atoms with Crippen LogP contribution in [-0.4, -0.2) is 27.9 Å². The molecule has 1 aromatic rings. The zero-order valence-corrected chi connectivity index (χ0v) is 11.6. The van der Waals surface area contributed by atoms with Crippen LogP contribution in [0.5, 0.6) is 0 Å². The SMILES string of the molecule is CCc1ncnc(N(CCBr)C2CCC2)c1F. The van der Waals surface area contributed by atoms with Gasteiger partial charge in [0.1, 0.15) is 6.33 Å². The van der Waals surface area contributed by atoms with Crippen molar-refractivity contribution in [3.05, 3.63) is 17.8 Å². The summed E-state index contributed by atoms with van der Waals surface area (Å²) in [5.41, 5.74) is 0.508. The fourth-order valence-corrected chi connectivity index (χ4v) is 2.48. The minimum absolute atomic E-state index is 0.247. The Balaban J connectivity index is 2.28. The van der Waals surface area contributed by atoms with Crippen LogP contribution < -0.4 is 4.90 Å². The molecule has 3 nitrogen and oxygen atoms in total. The fourth-order valence-electron chi connectivity index (χ4n) is 2.09. The number of hydrogen-bond donors (Lipinski definition) is 0. The maximum Gasteiger partial charge on any atom is 0.187 e. The molecule has 0 radical (unpaired) electrons. The van der Waals surface area contributed by atoms with E-state index in [0.717, 1.165) is 24.7 Å². The highest BCUT2D eigenvalue weighted by Gasteiger charge is 2.28. The number of aryl methyl sites for hydroxylation is 1. The van der Waals surface area contributed by atoms with Gasteiger partial charge in [-0.25, -0.2) is 14.4 Å². The number of alkyl halides is 1. The van der Waals surface area contributed by atoms with Gasteiger partial charge in [-0.15, -0.1) is 0 Å². The predicted molar refractivity (Wildman–Crippen MR) is 70.1 cm³/mol. The quantitative estimate of drug-likeness (QED) is 0.783. The normalized spacial score (nSPS) is 15.7. The van der Waals surface area contributed by atoms with Gasteiger partial charge in [0.2, 0.25) is 0 Å². The van der Waals surface area contributed by atoms with Gasteiger partial charge in [-0.3, -0.25) is 0 Å². The van der Waals surface area contributed by atoms with Crippen LogP contribution in [0, 0.1) is 5.82 Å². The van der Waals surface area contributed by atoms with Crippen molar-refractivity contribution in [2.75, 3.05) is 16.8 Å². The maximum absolute atomic E-state index is 14.2. The van der Waals surface area contributed by atoms with Crippen molar-refractivity contribution in [1.29, 1.82) is 0 Å². The Morgan fingerprint density at radius 1 is 1.47 bits per heavy atom. The fraction of sp³-hybridized carbons (Fsp3) is 0.667. The molecule has 1 aliphatic rings. The third kappa shape index (κ3) is 2.59. The van der Waals surface area contributed by atoms with Gasteiger partial charge in [-0.05, 0) is 25.7 Å². The number of aromatic nitrogens is 2.